The Morgan fingerprint density at radius 3 is 1.82 bits per heavy atom. The van der Waals surface area contributed by atoms with E-state index in [1.807, 2.05) is 11.3 Å². The molecule has 0 fully saturated rings. The van der Waals surface area contributed by atoms with E-state index in [4.69, 9.17) is 9.97 Å². The first-order valence-corrected chi connectivity index (χ1v) is 22.2. The average molecular weight is 760 g/mol. The zero-order valence-corrected chi connectivity index (χ0v) is 32.6. The van der Waals surface area contributed by atoms with Gasteiger partial charge in [-0.05, 0) is 57.5 Å². The minimum atomic E-state index is -2.86. The third kappa shape index (κ3) is 4.70. The summed E-state index contributed by atoms with van der Waals surface area (Å²) in [6, 6.07) is 73.0. The molecule has 0 atom stereocenters. The molecule has 1 aliphatic rings. The summed E-state index contributed by atoms with van der Waals surface area (Å²) in [6.45, 7) is 0. The van der Waals surface area contributed by atoms with Crippen LogP contribution in [0.5, 0.6) is 0 Å². The Labute approximate surface area is 334 Å². The summed E-state index contributed by atoms with van der Waals surface area (Å²) >= 11 is 1.87. The predicted octanol–water partition coefficient (Wildman–Crippen LogP) is 10.6. The van der Waals surface area contributed by atoms with Gasteiger partial charge in [0.05, 0.1) is 22.0 Å². The molecular formula is C52H33N3SSi. The highest BCUT2D eigenvalue weighted by Gasteiger charge is 2.51. The molecule has 0 spiro atoms. The van der Waals surface area contributed by atoms with E-state index in [1.165, 1.54) is 63.1 Å². The highest BCUT2D eigenvalue weighted by molar-refractivity contribution is 7.26. The van der Waals surface area contributed by atoms with E-state index in [1.54, 1.807) is 0 Å². The fraction of sp³-hybridized carbons (Fsp3) is 0. The van der Waals surface area contributed by atoms with Crippen LogP contribution in [0.3, 0.4) is 0 Å². The first-order chi connectivity index (χ1) is 28.3. The van der Waals surface area contributed by atoms with Gasteiger partial charge in [0.2, 0.25) is 8.07 Å². The first kappa shape index (κ1) is 32.3. The fourth-order valence-corrected chi connectivity index (χ4v) is 15.6. The smallest absolute Gasteiger partial charge is 0.203 e. The quantitative estimate of drug-likeness (QED) is 0.164. The maximum absolute atomic E-state index is 5.65. The molecule has 3 nitrogen and oxygen atoms in total. The van der Waals surface area contributed by atoms with Crippen molar-refractivity contribution in [1.82, 2.24) is 14.5 Å². The molecular weight excluding hydrogens is 727 g/mol. The van der Waals surface area contributed by atoms with Crippen LogP contribution in [-0.4, -0.2) is 22.6 Å². The third-order valence-corrected chi connectivity index (χ3v) is 17.7. The molecule has 0 N–H and O–H groups in total. The normalized spacial score (nSPS) is 13.1. The van der Waals surface area contributed by atoms with Gasteiger partial charge in [-0.25, -0.2) is 9.97 Å². The molecule has 266 valence electrons. The van der Waals surface area contributed by atoms with Gasteiger partial charge >= 0.3 is 0 Å². The maximum Gasteiger partial charge on any atom is 0.203 e. The standard InChI is InChI=1S/C52H33N3SSi/c1-4-16-35(17-5-1)51-53-50(49-41-24-12-15-27-48(41)57(52(49)54-51,37-18-6-2-7-19-37)38-20-8-3-9-21-38)34-28-30-36(31-29-34)55-44-25-13-10-22-39(44)42-33-47-43(32-45(42)55)40-23-11-14-26-46(40)56-47/h1-33H. The second-order valence-corrected chi connectivity index (χ2v) is 19.6. The lowest BCUT2D eigenvalue weighted by atomic mass is 10.00. The minimum absolute atomic E-state index is 0.749. The molecule has 0 saturated carbocycles. The lowest BCUT2D eigenvalue weighted by Gasteiger charge is -2.30. The summed E-state index contributed by atoms with van der Waals surface area (Å²) in [4.78, 5) is 11.1. The Kier molecular flexibility index (Phi) is 7.12. The van der Waals surface area contributed by atoms with Gasteiger partial charge in [0.15, 0.2) is 5.82 Å². The number of rotatable bonds is 5. The van der Waals surface area contributed by atoms with Gasteiger partial charge in [-0.15, -0.1) is 11.3 Å². The number of hydrogen-bond donors (Lipinski definition) is 0. The summed E-state index contributed by atoms with van der Waals surface area (Å²) in [5, 5.41) is 10.3. The van der Waals surface area contributed by atoms with Gasteiger partial charge in [-0.1, -0.05) is 164 Å². The molecule has 0 aliphatic carbocycles. The fourth-order valence-electron chi connectivity index (χ4n) is 9.43. The van der Waals surface area contributed by atoms with Crippen molar-refractivity contribution < 1.29 is 0 Å². The van der Waals surface area contributed by atoms with Crippen LogP contribution in [0.1, 0.15) is 0 Å². The Balaban J connectivity index is 1.12. The number of benzene rings is 8. The molecule has 5 heteroatoms. The van der Waals surface area contributed by atoms with E-state index in [-0.39, 0.29) is 0 Å². The Bertz CT molecular complexity index is 3300. The van der Waals surface area contributed by atoms with Crippen molar-refractivity contribution in [2.24, 2.45) is 0 Å². The topological polar surface area (TPSA) is 30.7 Å². The van der Waals surface area contributed by atoms with E-state index in [2.05, 4.69) is 205 Å². The molecule has 0 unspecified atom stereocenters. The van der Waals surface area contributed by atoms with Crippen molar-refractivity contribution in [2.75, 3.05) is 0 Å². The molecule has 0 bridgehead atoms. The monoisotopic (exact) mass is 759 g/mol. The van der Waals surface area contributed by atoms with Crippen molar-refractivity contribution in [3.63, 3.8) is 0 Å². The molecule has 0 saturated heterocycles. The van der Waals surface area contributed by atoms with Crippen molar-refractivity contribution in [3.8, 4) is 39.5 Å². The largest absolute Gasteiger partial charge is 0.309 e. The van der Waals surface area contributed by atoms with Crippen molar-refractivity contribution in [1.29, 1.82) is 0 Å². The summed E-state index contributed by atoms with van der Waals surface area (Å²) in [5.41, 5.74) is 8.94. The van der Waals surface area contributed by atoms with Crippen molar-refractivity contribution >= 4 is 82.3 Å². The van der Waals surface area contributed by atoms with Gasteiger partial charge < -0.3 is 4.57 Å². The summed E-state index contributed by atoms with van der Waals surface area (Å²) in [7, 11) is -2.86. The van der Waals surface area contributed by atoms with Gasteiger partial charge in [0, 0.05) is 53.3 Å². The first-order valence-electron chi connectivity index (χ1n) is 19.4. The van der Waals surface area contributed by atoms with Crippen LogP contribution in [0.25, 0.3) is 81.4 Å². The molecule has 8 aromatic carbocycles. The zero-order chi connectivity index (χ0) is 37.5. The molecule has 1 aliphatic heterocycles. The van der Waals surface area contributed by atoms with E-state index in [9.17, 15) is 0 Å². The molecule has 11 aromatic rings. The van der Waals surface area contributed by atoms with Crippen LogP contribution >= 0.6 is 11.3 Å². The molecule has 0 radical (unpaired) electrons. The minimum Gasteiger partial charge on any atom is -0.309 e. The van der Waals surface area contributed by atoms with Crippen LogP contribution < -0.4 is 20.9 Å². The number of fused-ring (bicyclic) bond motifs is 9. The van der Waals surface area contributed by atoms with E-state index in [0.717, 1.165) is 39.2 Å². The summed E-state index contributed by atoms with van der Waals surface area (Å²) in [6.07, 6.45) is 0. The van der Waals surface area contributed by atoms with Gasteiger partial charge in [0.25, 0.3) is 0 Å². The number of aromatic nitrogens is 3. The molecule has 12 rings (SSSR count). The Morgan fingerprint density at radius 2 is 1.07 bits per heavy atom. The molecule has 57 heavy (non-hydrogen) atoms. The number of para-hydroxylation sites is 1. The van der Waals surface area contributed by atoms with Crippen LogP contribution in [0.4, 0.5) is 0 Å². The third-order valence-electron chi connectivity index (χ3n) is 11.9. The van der Waals surface area contributed by atoms with Crippen molar-refractivity contribution in [3.05, 3.63) is 200 Å². The van der Waals surface area contributed by atoms with Gasteiger partial charge in [-0.3, -0.25) is 0 Å². The highest BCUT2D eigenvalue weighted by atomic mass is 32.1. The lowest BCUT2D eigenvalue weighted by molar-refractivity contribution is 1.18. The number of thiophene rings is 1. The lowest BCUT2D eigenvalue weighted by Crippen LogP contribution is -2.73. The van der Waals surface area contributed by atoms with Crippen LogP contribution in [0.15, 0.2) is 200 Å². The van der Waals surface area contributed by atoms with Crippen LogP contribution in [0, 0.1) is 0 Å². The molecule has 4 heterocycles. The summed E-state index contributed by atoms with van der Waals surface area (Å²) < 4.78 is 5.07. The Hall–Kier alpha value is -6.92. The molecule has 0 amide bonds. The highest BCUT2D eigenvalue weighted by Crippen LogP contribution is 2.41. The predicted molar refractivity (Wildman–Crippen MR) is 243 cm³/mol. The van der Waals surface area contributed by atoms with Crippen LogP contribution in [0.2, 0.25) is 0 Å². The van der Waals surface area contributed by atoms with Crippen molar-refractivity contribution in [2.45, 2.75) is 0 Å². The second-order valence-electron chi connectivity index (χ2n) is 14.9. The van der Waals surface area contributed by atoms with Crippen LogP contribution in [-0.2, 0) is 0 Å². The molecule has 3 aromatic heterocycles. The number of nitrogens with zero attached hydrogens (tertiary/aromatic N) is 3. The van der Waals surface area contributed by atoms with Gasteiger partial charge in [0.1, 0.15) is 0 Å². The zero-order valence-electron chi connectivity index (χ0n) is 30.8. The summed E-state index contributed by atoms with van der Waals surface area (Å²) in [5.74, 6) is 0.749. The van der Waals surface area contributed by atoms with E-state index >= 15 is 0 Å². The number of hydrogen-bond acceptors (Lipinski definition) is 3. The van der Waals surface area contributed by atoms with E-state index in [0.29, 0.717) is 0 Å². The maximum atomic E-state index is 5.65. The van der Waals surface area contributed by atoms with Gasteiger partial charge in [-0.2, -0.15) is 0 Å². The van der Waals surface area contributed by atoms with E-state index < -0.39 is 8.07 Å². The second kappa shape index (κ2) is 12.5. The SMILES string of the molecule is c1ccc(-c2nc(-c3ccc(-n4c5ccccc5c5cc6sc7ccccc7c6cc54)cc3)c3c(n2)[Si](c2ccccc2)(c2ccccc2)c2ccccc2-3)cc1. The average Bonchev–Trinajstić information content (AvgIpc) is 3.92. The Morgan fingerprint density at radius 1 is 0.439 bits per heavy atom.